The molecule has 1 aromatic heterocycles. The van der Waals surface area contributed by atoms with Crippen LogP contribution in [0.5, 0.6) is 0 Å². The average molecular weight is 368 g/mol. The Hall–Kier alpha value is -1.69. The number of benzene rings is 1. The van der Waals surface area contributed by atoms with Crippen LogP contribution in [0.2, 0.25) is 0 Å². The van der Waals surface area contributed by atoms with Gasteiger partial charge in [-0.05, 0) is 39.5 Å². The van der Waals surface area contributed by atoms with Gasteiger partial charge in [0, 0.05) is 26.3 Å². The third kappa shape index (κ3) is 4.16. The van der Waals surface area contributed by atoms with Gasteiger partial charge in [0.2, 0.25) is 0 Å². The van der Waals surface area contributed by atoms with E-state index in [0.717, 1.165) is 5.56 Å². The molecule has 0 unspecified atom stereocenters. The highest BCUT2D eigenvalue weighted by atomic mass is 79.9. The Morgan fingerprint density at radius 2 is 2.18 bits per heavy atom. The lowest BCUT2D eigenvalue weighted by atomic mass is 10.1. The summed E-state index contributed by atoms with van der Waals surface area (Å²) in [5.41, 5.74) is 1.29. The van der Waals surface area contributed by atoms with Crippen LogP contribution in [0, 0.1) is 11.7 Å². The van der Waals surface area contributed by atoms with Gasteiger partial charge in [-0.15, -0.1) is 0 Å². The highest BCUT2D eigenvalue weighted by Gasteiger charge is 2.19. The van der Waals surface area contributed by atoms with E-state index < -0.39 is 0 Å². The highest BCUT2D eigenvalue weighted by Crippen LogP contribution is 2.19. The van der Waals surface area contributed by atoms with E-state index in [-0.39, 0.29) is 11.7 Å². The maximum atomic E-state index is 13.3. The van der Waals surface area contributed by atoms with Crippen LogP contribution in [-0.4, -0.2) is 26.9 Å². The second-order valence-corrected chi connectivity index (χ2v) is 6.61. The normalized spacial score (nSPS) is 11.0. The Morgan fingerprint density at radius 3 is 2.73 bits per heavy atom. The van der Waals surface area contributed by atoms with Gasteiger partial charge in [0.05, 0.1) is 10.8 Å². The molecule has 1 amide bonds. The van der Waals surface area contributed by atoms with Crippen LogP contribution in [0.15, 0.2) is 35.2 Å². The number of imidazole rings is 1. The molecular formula is C16H19BrFN3O. The third-order valence-electron chi connectivity index (χ3n) is 3.15. The Balaban J connectivity index is 2.22. The molecule has 0 saturated heterocycles. The number of hydrogen-bond acceptors (Lipinski definition) is 2. The van der Waals surface area contributed by atoms with Crippen LogP contribution in [0.4, 0.5) is 4.39 Å². The molecule has 4 nitrogen and oxygen atoms in total. The van der Waals surface area contributed by atoms with Crippen LogP contribution in [0.1, 0.15) is 29.9 Å². The van der Waals surface area contributed by atoms with E-state index in [0.29, 0.717) is 29.2 Å². The van der Waals surface area contributed by atoms with Crippen LogP contribution in [0.3, 0.4) is 0 Å². The van der Waals surface area contributed by atoms with Gasteiger partial charge in [-0.2, -0.15) is 0 Å². The molecule has 2 rings (SSSR count). The van der Waals surface area contributed by atoms with Crippen molar-refractivity contribution in [1.82, 2.24) is 14.5 Å². The van der Waals surface area contributed by atoms with Crippen molar-refractivity contribution in [3.63, 3.8) is 0 Å². The van der Waals surface area contributed by atoms with E-state index in [2.05, 4.69) is 34.8 Å². The van der Waals surface area contributed by atoms with E-state index in [4.69, 9.17) is 0 Å². The second kappa shape index (κ2) is 7.05. The summed E-state index contributed by atoms with van der Waals surface area (Å²) in [6.07, 6.45) is 3.31. The number of halogens is 2. The molecule has 0 spiro atoms. The molecule has 0 atom stereocenters. The zero-order valence-corrected chi connectivity index (χ0v) is 14.5. The van der Waals surface area contributed by atoms with E-state index in [1.807, 2.05) is 7.05 Å². The molecule has 2 aromatic rings. The minimum atomic E-state index is -0.310. The molecular weight excluding hydrogens is 349 g/mol. The summed E-state index contributed by atoms with van der Waals surface area (Å²) in [6.45, 7) is 5.15. The van der Waals surface area contributed by atoms with Crippen LogP contribution in [0.25, 0.3) is 0 Å². The van der Waals surface area contributed by atoms with E-state index in [1.165, 1.54) is 6.07 Å². The molecule has 0 N–H and O–H groups in total. The molecule has 118 valence electrons. The van der Waals surface area contributed by atoms with Gasteiger partial charge in [0.1, 0.15) is 11.5 Å². The zero-order chi connectivity index (χ0) is 16.3. The molecule has 0 fully saturated rings. The predicted molar refractivity (Wildman–Crippen MR) is 86.9 cm³/mol. The van der Waals surface area contributed by atoms with Crippen molar-refractivity contribution in [2.75, 3.05) is 6.54 Å². The van der Waals surface area contributed by atoms with Crippen molar-refractivity contribution in [3.05, 3.63) is 52.3 Å². The lowest BCUT2D eigenvalue weighted by molar-refractivity contribution is 0.0717. The fourth-order valence-corrected chi connectivity index (χ4v) is 2.63. The van der Waals surface area contributed by atoms with E-state index in [9.17, 15) is 9.18 Å². The molecule has 0 saturated carbocycles. The molecule has 22 heavy (non-hydrogen) atoms. The number of aryl methyl sites for hydroxylation is 1. The van der Waals surface area contributed by atoms with Gasteiger partial charge in [0.15, 0.2) is 0 Å². The number of hydrogen-bond donors (Lipinski definition) is 0. The van der Waals surface area contributed by atoms with Crippen LogP contribution in [-0.2, 0) is 13.6 Å². The summed E-state index contributed by atoms with van der Waals surface area (Å²) in [5, 5.41) is 0. The molecule has 6 heteroatoms. The largest absolute Gasteiger partial charge is 0.340 e. The van der Waals surface area contributed by atoms with Crippen molar-refractivity contribution in [2.45, 2.75) is 20.4 Å². The van der Waals surface area contributed by atoms with Gasteiger partial charge in [0.25, 0.3) is 5.91 Å². The first-order chi connectivity index (χ1) is 10.4. The van der Waals surface area contributed by atoms with Gasteiger partial charge in [-0.3, -0.25) is 4.79 Å². The molecule has 1 aromatic carbocycles. The first-order valence-corrected chi connectivity index (χ1v) is 7.87. The van der Waals surface area contributed by atoms with Crippen LogP contribution >= 0.6 is 15.9 Å². The minimum Gasteiger partial charge on any atom is -0.340 e. The van der Waals surface area contributed by atoms with Crippen molar-refractivity contribution in [2.24, 2.45) is 13.0 Å². The molecule has 1 heterocycles. The number of rotatable bonds is 5. The summed E-state index contributed by atoms with van der Waals surface area (Å²) in [4.78, 5) is 18.5. The second-order valence-electron chi connectivity index (χ2n) is 5.75. The maximum absolute atomic E-state index is 13.3. The molecule has 0 aliphatic rings. The zero-order valence-electron chi connectivity index (χ0n) is 12.9. The van der Waals surface area contributed by atoms with Crippen molar-refractivity contribution < 1.29 is 9.18 Å². The van der Waals surface area contributed by atoms with Crippen molar-refractivity contribution in [1.29, 1.82) is 0 Å². The Kier molecular flexibility index (Phi) is 5.34. The van der Waals surface area contributed by atoms with E-state index in [1.54, 1.807) is 34.1 Å². The van der Waals surface area contributed by atoms with Gasteiger partial charge >= 0.3 is 0 Å². The fraction of sp³-hybridized carbons (Fsp3) is 0.375. The van der Waals surface area contributed by atoms with E-state index >= 15 is 0 Å². The quantitative estimate of drug-likeness (QED) is 0.809. The van der Waals surface area contributed by atoms with Gasteiger partial charge in [-0.1, -0.05) is 19.9 Å². The smallest absolute Gasteiger partial charge is 0.274 e. The van der Waals surface area contributed by atoms with Crippen molar-refractivity contribution in [3.8, 4) is 0 Å². The Labute approximate surface area is 138 Å². The minimum absolute atomic E-state index is 0.116. The summed E-state index contributed by atoms with van der Waals surface area (Å²) < 4.78 is 15.5. The molecule has 0 aliphatic carbocycles. The first kappa shape index (κ1) is 16.7. The lowest BCUT2D eigenvalue weighted by Crippen LogP contribution is -2.34. The van der Waals surface area contributed by atoms with Gasteiger partial charge in [-0.25, -0.2) is 9.37 Å². The predicted octanol–water partition coefficient (Wildman–Crippen LogP) is 3.62. The maximum Gasteiger partial charge on any atom is 0.274 e. The number of carbonyl (C=O) groups is 1. The summed E-state index contributed by atoms with van der Waals surface area (Å²) in [5.74, 6) is -0.0958. The third-order valence-corrected chi connectivity index (χ3v) is 3.76. The number of carbonyl (C=O) groups excluding carboxylic acids is 1. The SMILES string of the molecule is CC(C)CN(Cc1ccc(F)c(Br)c1)C(=O)c1cn(C)cn1. The highest BCUT2D eigenvalue weighted by molar-refractivity contribution is 9.10. The number of aromatic nitrogens is 2. The number of nitrogens with zero attached hydrogens (tertiary/aromatic N) is 3. The summed E-state index contributed by atoms with van der Waals surface area (Å²) >= 11 is 3.18. The summed E-state index contributed by atoms with van der Waals surface area (Å²) in [7, 11) is 1.83. The average Bonchev–Trinajstić information content (AvgIpc) is 2.87. The molecule has 0 aliphatic heterocycles. The Morgan fingerprint density at radius 1 is 1.45 bits per heavy atom. The molecule has 0 radical (unpaired) electrons. The van der Waals surface area contributed by atoms with Gasteiger partial charge < -0.3 is 9.47 Å². The number of amides is 1. The standard InChI is InChI=1S/C16H19BrFN3O/c1-11(2)7-21(16(22)15-9-20(3)10-19-15)8-12-4-5-14(18)13(17)6-12/h4-6,9-11H,7-8H2,1-3H3. The Bertz CT molecular complexity index is 669. The monoisotopic (exact) mass is 367 g/mol. The van der Waals surface area contributed by atoms with Crippen LogP contribution < -0.4 is 0 Å². The van der Waals surface area contributed by atoms with Crippen molar-refractivity contribution >= 4 is 21.8 Å². The first-order valence-electron chi connectivity index (χ1n) is 7.08. The topological polar surface area (TPSA) is 38.1 Å². The molecule has 0 bridgehead atoms. The lowest BCUT2D eigenvalue weighted by Gasteiger charge is -2.24. The fourth-order valence-electron chi connectivity index (χ4n) is 2.20. The summed E-state index contributed by atoms with van der Waals surface area (Å²) in [6, 6.07) is 4.80.